The van der Waals surface area contributed by atoms with Gasteiger partial charge < -0.3 is 10.2 Å². The van der Waals surface area contributed by atoms with Gasteiger partial charge in [-0.25, -0.2) is 0 Å². The Balaban J connectivity index is 1.82. The summed E-state index contributed by atoms with van der Waals surface area (Å²) in [5.74, 6) is 0.401. The highest BCUT2D eigenvalue weighted by Crippen LogP contribution is 2.40. The van der Waals surface area contributed by atoms with Gasteiger partial charge in [0.15, 0.2) is 0 Å². The van der Waals surface area contributed by atoms with Gasteiger partial charge >= 0.3 is 0 Å². The third-order valence-electron chi connectivity index (χ3n) is 5.39. The third kappa shape index (κ3) is 2.71. The van der Waals surface area contributed by atoms with Crippen LogP contribution in [0.4, 0.5) is 0 Å². The molecule has 1 aromatic rings. The van der Waals surface area contributed by atoms with Crippen LogP contribution in [-0.2, 0) is 4.79 Å². The van der Waals surface area contributed by atoms with Gasteiger partial charge in [-0.05, 0) is 50.8 Å². The zero-order chi connectivity index (χ0) is 14.7. The van der Waals surface area contributed by atoms with Gasteiger partial charge in [-0.1, -0.05) is 37.3 Å². The lowest BCUT2D eigenvalue weighted by Crippen LogP contribution is -2.48. The number of carbonyl (C=O) groups excluding carboxylic acids is 1. The van der Waals surface area contributed by atoms with Crippen LogP contribution >= 0.6 is 0 Å². The van der Waals surface area contributed by atoms with Crippen LogP contribution in [0.25, 0.3) is 0 Å². The highest BCUT2D eigenvalue weighted by Gasteiger charge is 2.43. The Labute approximate surface area is 127 Å². The molecule has 0 aliphatic carbocycles. The first-order valence-corrected chi connectivity index (χ1v) is 8.33. The smallest absolute Gasteiger partial charge is 0.229 e. The predicted molar refractivity (Wildman–Crippen MR) is 85.0 cm³/mol. The van der Waals surface area contributed by atoms with E-state index >= 15 is 0 Å². The van der Waals surface area contributed by atoms with Crippen LogP contribution < -0.4 is 5.32 Å². The number of carbonyl (C=O) groups is 1. The first kappa shape index (κ1) is 14.6. The summed E-state index contributed by atoms with van der Waals surface area (Å²) >= 11 is 0. The number of piperidine rings is 1. The van der Waals surface area contributed by atoms with Crippen molar-refractivity contribution in [3.05, 3.63) is 35.9 Å². The van der Waals surface area contributed by atoms with Gasteiger partial charge in [0.2, 0.25) is 5.91 Å². The summed E-state index contributed by atoms with van der Waals surface area (Å²) < 4.78 is 0. The van der Waals surface area contributed by atoms with Crippen LogP contribution in [-0.4, -0.2) is 30.4 Å². The minimum atomic E-state index is -0.122. The predicted octanol–water partition coefficient (Wildman–Crippen LogP) is 3.13. The number of nitrogens with one attached hydrogen (secondary N) is 1. The van der Waals surface area contributed by atoms with Gasteiger partial charge in [0.25, 0.3) is 0 Å². The molecule has 0 aromatic heterocycles. The second-order valence-electron chi connectivity index (χ2n) is 6.45. The van der Waals surface area contributed by atoms with E-state index in [1.165, 1.54) is 5.56 Å². The maximum absolute atomic E-state index is 13.2. The van der Waals surface area contributed by atoms with Crippen molar-refractivity contribution in [1.29, 1.82) is 0 Å². The highest BCUT2D eigenvalue weighted by molar-refractivity contribution is 5.83. The maximum atomic E-state index is 13.2. The Hall–Kier alpha value is -1.35. The number of rotatable bonds is 3. The molecule has 2 aliphatic rings. The summed E-state index contributed by atoms with van der Waals surface area (Å²) in [5.41, 5.74) is 1.17. The lowest BCUT2D eigenvalue weighted by atomic mass is 9.75. The third-order valence-corrected chi connectivity index (χ3v) is 5.39. The van der Waals surface area contributed by atoms with E-state index < -0.39 is 0 Å². The SMILES string of the molecule is CCC1(C(=O)N2CCCC2c2ccccc2)CCNCC1. The molecular weight excluding hydrogens is 260 g/mol. The van der Waals surface area contributed by atoms with Gasteiger partial charge in [0.1, 0.15) is 0 Å². The van der Waals surface area contributed by atoms with Gasteiger partial charge in [-0.15, -0.1) is 0 Å². The molecule has 1 amide bonds. The van der Waals surface area contributed by atoms with Crippen LogP contribution in [0.5, 0.6) is 0 Å². The van der Waals surface area contributed by atoms with E-state index in [-0.39, 0.29) is 11.5 Å². The number of benzene rings is 1. The molecule has 114 valence electrons. The fourth-order valence-corrected chi connectivity index (χ4v) is 3.96. The first-order chi connectivity index (χ1) is 10.3. The number of hydrogen-bond acceptors (Lipinski definition) is 2. The van der Waals surface area contributed by atoms with Gasteiger partial charge in [-0.3, -0.25) is 4.79 Å². The molecule has 1 aromatic carbocycles. The van der Waals surface area contributed by atoms with Crippen LogP contribution in [0.1, 0.15) is 50.6 Å². The molecule has 0 bridgehead atoms. The van der Waals surface area contributed by atoms with Crippen LogP contribution in [0, 0.1) is 5.41 Å². The number of hydrogen-bond donors (Lipinski definition) is 1. The fourth-order valence-electron chi connectivity index (χ4n) is 3.96. The van der Waals surface area contributed by atoms with Gasteiger partial charge in [-0.2, -0.15) is 0 Å². The van der Waals surface area contributed by atoms with Crippen molar-refractivity contribution in [2.75, 3.05) is 19.6 Å². The molecule has 3 heteroatoms. The van der Waals surface area contributed by atoms with Crippen molar-refractivity contribution in [3.8, 4) is 0 Å². The maximum Gasteiger partial charge on any atom is 0.229 e. The van der Waals surface area contributed by atoms with Crippen molar-refractivity contribution >= 4 is 5.91 Å². The fraction of sp³-hybridized carbons (Fsp3) is 0.611. The Morgan fingerprint density at radius 2 is 2.00 bits per heavy atom. The lowest BCUT2D eigenvalue weighted by molar-refractivity contribution is -0.145. The second kappa shape index (κ2) is 6.18. The van der Waals surface area contributed by atoms with E-state index in [0.717, 1.165) is 51.7 Å². The van der Waals surface area contributed by atoms with Crippen molar-refractivity contribution in [2.45, 2.75) is 45.1 Å². The van der Waals surface area contributed by atoms with E-state index in [9.17, 15) is 4.79 Å². The molecule has 2 fully saturated rings. The molecule has 3 rings (SSSR count). The lowest BCUT2D eigenvalue weighted by Gasteiger charge is -2.40. The summed E-state index contributed by atoms with van der Waals surface area (Å²) in [6.07, 6.45) is 5.17. The standard InChI is InChI=1S/C18H26N2O/c1-2-18(10-12-19-13-11-18)17(21)20-14-6-9-16(20)15-7-4-3-5-8-15/h3-5,7-8,16,19H,2,6,9-14H2,1H3. The summed E-state index contributed by atoms with van der Waals surface area (Å²) in [7, 11) is 0. The molecule has 0 saturated carbocycles. The molecule has 2 saturated heterocycles. The normalized spacial score (nSPS) is 25.0. The van der Waals surface area contributed by atoms with Crippen LogP contribution in [0.2, 0.25) is 0 Å². The van der Waals surface area contributed by atoms with Crippen LogP contribution in [0.3, 0.4) is 0 Å². The van der Waals surface area contributed by atoms with Gasteiger partial charge in [0.05, 0.1) is 11.5 Å². The Kier molecular flexibility index (Phi) is 4.29. The first-order valence-electron chi connectivity index (χ1n) is 8.33. The van der Waals surface area contributed by atoms with E-state index in [0.29, 0.717) is 5.91 Å². The van der Waals surface area contributed by atoms with Crippen molar-refractivity contribution in [2.24, 2.45) is 5.41 Å². The Bertz CT molecular complexity index is 479. The molecule has 3 nitrogen and oxygen atoms in total. The minimum Gasteiger partial charge on any atom is -0.335 e. The largest absolute Gasteiger partial charge is 0.335 e. The molecule has 0 radical (unpaired) electrons. The number of nitrogens with zero attached hydrogens (tertiary/aromatic N) is 1. The van der Waals surface area contributed by atoms with E-state index in [4.69, 9.17) is 0 Å². The topological polar surface area (TPSA) is 32.3 Å². The summed E-state index contributed by atoms with van der Waals surface area (Å²) in [6, 6.07) is 10.8. The van der Waals surface area contributed by atoms with Crippen molar-refractivity contribution in [3.63, 3.8) is 0 Å². The zero-order valence-corrected chi connectivity index (χ0v) is 13.0. The molecule has 1 atom stereocenters. The molecule has 2 heterocycles. The van der Waals surface area contributed by atoms with E-state index in [1.807, 2.05) is 6.07 Å². The number of likely N-dealkylation sites (tertiary alicyclic amines) is 1. The van der Waals surface area contributed by atoms with Gasteiger partial charge in [0, 0.05) is 6.54 Å². The second-order valence-corrected chi connectivity index (χ2v) is 6.45. The number of amides is 1. The molecule has 1 unspecified atom stereocenters. The molecular formula is C18H26N2O. The van der Waals surface area contributed by atoms with Crippen molar-refractivity contribution in [1.82, 2.24) is 10.2 Å². The summed E-state index contributed by atoms with van der Waals surface area (Å²) in [6.45, 7) is 5.05. The van der Waals surface area contributed by atoms with Crippen molar-refractivity contribution < 1.29 is 4.79 Å². The minimum absolute atomic E-state index is 0.122. The monoisotopic (exact) mass is 286 g/mol. The molecule has 2 aliphatic heterocycles. The average Bonchev–Trinajstić information content (AvgIpc) is 3.05. The molecule has 21 heavy (non-hydrogen) atoms. The zero-order valence-electron chi connectivity index (χ0n) is 13.0. The molecule has 0 spiro atoms. The Morgan fingerprint density at radius 3 is 2.67 bits per heavy atom. The average molecular weight is 286 g/mol. The molecule has 1 N–H and O–H groups in total. The highest BCUT2D eigenvalue weighted by atomic mass is 16.2. The quantitative estimate of drug-likeness (QED) is 0.926. The summed E-state index contributed by atoms with van der Waals surface area (Å²) in [4.78, 5) is 15.4. The van der Waals surface area contributed by atoms with E-state index in [2.05, 4.69) is 41.4 Å². The van der Waals surface area contributed by atoms with E-state index in [1.54, 1.807) is 0 Å². The van der Waals surface area contributed by atoms with Crippen LogP contribution in [0.15, 0.2) is 30.3 Å². The Morgan fingerprint density at radius 1 is 1.29 bits per heavy atom. The summed E-state index contributed by atoms with van der Waals surface area (Å²) in [5, 5.41) is 3.39.